The molecular weight excluding hydrogens is 410 g/mol. The molecule has 6 heteroatoms. The minimum Gasteiger partial charge on any atom is -0.497 e. The van der Waals surface area contributed by atoms with E-state index in [0.29, 0.717) is 16.8 Å². The zero-order valence-electron chi connectivity index (χ0n) is 17.6. The predicted octanol–water partition coefficient (Wildman–Crippen LogP) is 5.72. The van der Waals surface area contributed by atoms with E-state index in [9.17, 15) is 4.79 Å². The van der Waals surface area contributed by atoms with Crippen molar-refractivity contribution in [3.05, 3.63) is 71.0 Å². The molecule has 1 heterocycles. The fraction of sp³-hybridized carbons (Fsp3) is 0.320. The summed E-state index contributed by atoms with van der Waals surface area (Å²) in [5.41, 5.74) is 3.53. The number of aromatic nitrogens is 2. The number of nitrogens with one attached hydrogen (secondary N) is 1. The zero-order chi connectivity index (χ0) is 21.6. The number of methoxy groups -OCH3 is 1. The second-order valence-corrected chi connectivity index (χ2v) is 8.42. The van der Waals surface area contributed by atoms with Crippen LogP contribution in [0.25, 0.3) is 11.3 Å². The number of carbonyl (C=O) groups excluding carboxylic acids is 1. The molecule has 0 unspecified atom stereocenters. The van der Waals surface area contributed by atoms with Gasteiger partial charge in [0.25, 0.3) is 0 Å². The molecular formula is C25H26ClN3O2. The van der Waals surface area contributed by atoms with Crippen LogP contribution in [0, 0.1) is 5.92 Å². The van der Waals surface area contributed by atoms with Gasteiger partial charge in [-0.2, -0.15) is 0 Å². The van der Waals surface area contributed by atoms with E-state index >= 15 is 0 Å². The Labute approximate surface area is 187 Å². The molecule has 1 aliphatic carbocycles. The van der Waals surface area contributed by atoms with E-state index in [-0.39, 0.29) is 12.3 Å². The van der Waals surface area contributed by atoms with E-state index < -0.39 is 0 Å². The third-order valence-corrected chi connectivity index (χ3v) is 5.97. The molecule has 0 saturated heterocycles. The van der Waals surface area contributed by atoms with Gasteiger partial charge in [0, 0.05) is 10.6 Å². The van der Waals surface area contributed by atoms with Crippen molar-refractivity contribution in [1.82, 2.24) is 9.97 Å². The zero-order valence-corrected chi connectivity index (χ0v) is 18.4. The van der Waals surface area contributed by atoms with Crippen LogP contribution in [0.1, 0.15) is 36.9 Å². The molecule has 2 aromatic carbocycles. The molecule has 1 N–H and O–H groups in total. The lowest BCUT2D eigenvalue weighted by Gasteiger charge is -2.14. The van der Waals surface area contributed by atoms with Crippen LogP contribution in [0.3, 0.4) is 0 Å². The number of nitrogens with zero attached hydrogens (tertiary/aromatic N) is 2. The van der Waals surface area contributed by atoms with Gasteiger partial charge in [-0.15, -0.1) is 0 Å². The van der Waals surface area contributed by atoms with E-state index in [1.165, 1.54) is 25.7 Å². The van der Waals surface area contributed by atoms with Gasteiger partial charge in [0.2, 0.25) is 5.91 Å². The maximum atomic E-state index is 12.7. The quantitative estimate of drug-likeness (QED) is 0.515. The highest BCUT2D eigenvalue weighted by atomic mass is 35.5. The van der Waals surface area contributed by atoms with Gasteiger partial charge in [0.15, 0.2) is 5.82 Å². The second-order valence-electron chi connectivity index (χ2n) is 7.99. The molecule has 0 bridgehead atoms. The summed E-state index contributed by atoms with van der Waals surface area (Å²) in [4.78, 5) is 22.1. The molecule has 4 rings (SSSR count). The lowest BCUT2D eigenvalue weighted by molar-refractivity contribution is -0.115. The predicted molar refractivity (Wildman–Crippen MR) is 123 cm³/mol. The van der Waals surface area contributed by atoms with Crippen LogP contribution in [0.5, 0.6) is 5.75 Å². The highest BCUT2D eigenvalue weighted by Gasteiger charge is 2.20. The molecule has 1 saturated carbocycles. The molecule has 1 aliphatic rings. The van der Waals surface area contributed by atoms with Crippen LogP contribution in [0.4, 0.5) is 5.82 Å². The number of hydrogen-bond acceptors (Lipinski definition) is 4. The Morgan fingerprint density at radius 2 is 1.81 bits per heavy atom. The summed E-state index contributed by atoms with van der Waals surface area (Å²) in [6, 6.07) is 15.1. The summed E-state index contributed by atoms with van der Waals surface area (Å²) in [5.74, 6) is 1.84. The normalized spacial score (nSPS) is 13.9. The first-order valence-electron chi connectivity index (χ1n) is 10.7. The molecule has 1 fully saturated rings. The van der Waals surface area contributed by atoms with Crippen molar-refractivity contribution >= 4 is 23.3 Å². The van der Waals surface area contributed by atoms with Crippen molar-refractivity contribution in [2.45, 2.75) is 38.5 Å². The molecule has 0 spiro atoms. The van der Waals surface area contributed by atoms with Crippen molar-refractivity contribution in [3.8, 4) is 17.0 Å². The van der Waals surface area contributed by atoms with Crippen molar-refractivity contribution < 1.29 is 9.53 Å². The fourth-order valence-corrected chi connectivity index (χ4v) is 4.15. The van der Waals surface area contributed by atoms with Gasteiger partial charge in [-0.3, -0.25) is 4.79 Å². The smallest absolute Gasteiger partial charge is 0.229 e. The van der Waals surface area contributed by atoms with Crippen LogP contribution >= 0.6 is 11.6 Å². The van der Waals surface area contributed by atoms with Crippen molar-refractivity contribution in [1.29, 1.82) is 0 Å². The van der Waals surface area contributed by atoms with Gasteiger partial charge in [-0.05, 0) is 54.3 Å². The number of hydrogen-bond donors (Lipinski definition) is 1. The van der Waals surface area contributed by atoms with Gasteiger partial charge >= 0.3 is 0 Å². The Bertz CT molecular complexity index is 1030. The van der Waals surface area contributed by atoms with Crippen molar-refractivity contribution in [2.75, 3.05) is 12.4 Å². The summed E-state index contributed by atoms with van der Waals surface area (Å²) in [6.07, 6.45) is 7.73. The van der Waals surface area contributed by atoms with Crippen LogP contribution < -0.4 is 10.1 Å². The van der Waals surface area contributed by atoms with Crippen LogP contribution in [0.2, 0.25) is 5.02 Å². The average molecular weight is 436 g/mol. The molecule has 1 aromatic heterocycles. The number of halogens is 1. The minimum atomic E-state index is -0.110. The second kappa shape index (κ2) is 9.92. The number of amides is 1. The largest absolute Gasteiger partial charge is 0.497 e. The van der Waals surface area contributed by atoms with Gasteiger partial charge in [-0.25, -0.2) is 9.97 Å². The maximum Gasteiger partial charge on any atom is 0.229 e. The van der Waals surface area contributed by atoms with Crippen LogP contribution in [0.15, 0.2) is 54.7 Å². The fourth-order valence-electron chi connectivity index (χ4n) is 4.03. The van der Waals surface area contributed by atoms with Gasteiger partial charge in [-0.1, -0.05) is 49.4 Å². The highest BCUT2D eigenvalue weighted by Crippen LogP contribution is 2.30. The van der Waals surface area contributed by atoms with Gasteiger partial charge in [0.1, 0.15) is 5.75 Å². The van der Waals surface area contributed by atoms with Gasteiger partial charge < -0.3 is 10.1 Å². The van der Waals surface area contributed by atoms with E-state index in [0.717, 1.165) is 34.7 Å². The SMILES string of the molecule is COc1ccc(-c2cnc(NC(=O)Cc3ccc(Cl)cc3)c(CC3CCCC3)n2)cc1. The summed E-state index contributed by atoms with van der Waals surface area (Å²) < 4.78 is 5.24. The number of ether oxygens (including phenoxy) is 1. The van der Waals surface area contributed by atoms with E-state index in [2.05, 4.69) is 10.3 Å². The molecule has 1 amide bonds. The third kappa shape index (κ3) is 5.61. The molecule has 31 heavy (non-hydrogen) atoms. The summed E-state index contributed by atoms with van der Waals surface area (Å²) in [5, 5.41) is 3.63. The van der Waals surface area contributed by atoms with E-state index in [1.807, 2.05) is 36.4 Å². The van der Waals surface area contributed by atoms with E-state index in [1.54, 1.807) is 25.4 Å². The Balaban J connectivity index is 1.55. The van der Waals surface area contributed by atoms with Crippen LogP contribution in [-0.4, -0.2) is 23.0 Å². The van der Waals surface area contributed by atoms with Crippen molar-refractivity contribution in [3.63, 3.8) is 0 Å². The monoisotopic (exact) mass is 435 g/mol. The molecule has 3 aromatic rings. The first kappa shape index (κ1) is 21.3. The molecule has 0 atom stereocenters. The molecule has 0 radical (unpaired) electrons. The van der Waals surface area contributed by atoms with Crippen LogP contribution in [-0.2, 0) is 17.6 Å². The molecule has 0 aliphatic heterocycles. The Morgan fingerprint density at radius 1 is 1.10 bits per heavy atom. The lowest BCUT2D eigenvalue weighted by Crippen LogP contribution is -2.18. The molecule has 5 nitrogen and oxygen atoms in total. The number of benzene rings is 2. The Hall–Kier alpha value is -2.92. The number of carbonyl (C=O) groups is 1. The lowest BCUT2D eigenvalue weighted by atomic mass is 10.0. The summed E-state index contributed by atoms with van der Waals surface area (Å²) in [7, 11) is 1.65. The average Bonchev–Trinajstić information content (AvgIpc) is 3.30. The first-order valence-corrected chi connectivity index (χ1v) is 11.0. The minimum absolute atomic E-state index is 0.110. The topological polar surface area (TPSA) is 64.1 Å². The van der Waals surface area contributed by atoms with E-state index in [4.69, 9.17) is 21.3 Å². The Morgan fingerprint density at radius 3 is 2.48 bits per heavy atom. The third-order valence-electron chi connectivity index (χ3n) is 5.72. The summed E-state index contributed by atoms with van der Waals surface area (Å²) in [6.45, 7) is 0. The van der Waals surface area contributed by atoms with Gasteiger partial charge in [0.05, 0.1) is 31.1 Å². The summed E-state index contributed by atoms with van der Waals surface area (Å²) >= 11 is 5.94. The number of rotatable bonds is 7. The molecule has 160 valence electrons. The standard InChI is InChI=1S/C25H26ClN3O2/c1-31-21-12-8-19(9-13-21)23-16-27-25(22(28-23)14-17-4-2-3-5-17)29-24(30)15-18-6-10-20(26)11-7-18/h6-13,16-17H,2-5,14-15H2,1H3,(H,27,29,30). The first-order chi connectivity index (χ1) is 15.1. The Kier molecular flexibility index (Phi) is 6.82. The van der Waals surface area contributed by atoms with Crippen molar-refractivity contribution in [2.24, 2.45) is 5.92 Å². The maximum absolute atomic E-state index is 12.7. The highest BCUT2D eigenvalue weighted by molar-refractivity contribution is 6.30. The number of anilines is 1.